The topological polar surface area (TPSA) is 49.4 Å². The van der Waals surface area contributed by atoms with Crippen molar-refractivity contribution in [2.75, 3.05) is 7.05 Å². The van der Waals surface area contributed by atoms with Gasteiger partial charge in [-0.05, 0) is 36.8 Å². The van der Waals surface area contributed by atoms with Crippen LogP contribution in [0, 0.1) is 0 Å². The first-order chi connectivity index (χ1) is 12.7. The molecule has 0 aliphatic heterocycles. The maximum absolute atomic E-state index is 13.0. The van der Waals surface area contributed by atoms with E-state index in [0.29, 0.717) is 31.2 Å². The van der Waals surface area contributed by atoms with Crippen LogP contribution in [-0.4, -0.2) is 29.8 Å². The van der Waals surface area contributed by atoms with E-state index in [4.69, 9.17) is 46.4 Å². The predicted octanol–water partition coefficient (Wildman–Crippen LogP) is 5.01. The molecule has 0 radical (unpaired) electrons. The molecule has 144 valence electrons. The lowest BCUT2D eigenvalue weighted by molar-refractivity contribution is -0.139. The average molecular weight is 448 g/mol. The highest BCUT2D eigenvalue weighted by molar-refractivity contribution is 6.36. The smallest absolute Gasteiger partial charge is 0.242 e. The zero-order valence-electron chi connectivity index (χ0n) is 14.7. The molecule has 2 aromatic carbocycles. The van der Waals surface area contributed by atoms with Gasteiger partial charge in [0.25, 0.3) is 0 Å². The van der Waals surface area contributed by atoms with Crippen LogP contribution in [0.1, 0.15) is 18.1 Å². The molecule has 4 nitrogen and oxygen atoms in total. The molecule has 1 atom stereocenters. The maximum Gasteiger partial charge on any atom is 0.242 e. The van der Waals surface area contributed by atoms with E-state index in [-0.39, 0.29) is 24.8 Å². The minimum absolute atomic E-state index is 0.0133. The van der Waals surface area contributed by atoms with Crippen LogP contribution < -0.4 is 5.32 Å². The third-order valence-electron chi connectivity index (χ3n) is 4.16. The predicted molar refractivity (Wildman–Crippen MR) is 111 cm³/mol. The van der Waals surface area contributed by atoms with E-state index < -0.39 is 6.04 Å². The quantitative estimate of drug-likeness (QED) is 0.676. The number of carbonyl (C=O) groups excluding carboxylic acids is 2. The molecule has 8 heteroatoms. The molecule has 0 unspecified atom stereocenters. The van der Waals surface area contributed by atoms with E-state index in [0.717, 1.165) is 0 Å². The molecular formula is C19H18Cl4N2O2. The molecule has 2 rings (SSSR count). The second-order valence-corrected chi connectivity index (χ2v) is 7.58. The maximum atomic E-state index is 13.0. The fourth-order valence-corrected chi connectivity index (χ4v) is 3.57. The van der Waals surface area contributed by atoms with Crippen molar-refractivity contribution in [3.05, 3.63) is 67.6 Å². The molecule has 0 heterocycles. The van der Waals surface area contributed by atoms with E-state index in [2.05, 4.69) is 5.32 Å². The van der Waals surface area contributed by atoms with Crippen LogP contribution >= 0.6 is 46.4 Å². The van der Waals surface area contributed by atoms with Gasteiger partial charge in [-0.25, -0.2) is 0 Å². The molecule has 0 saturated carbocycles. The van der Waals surface area contributed by atoms with Gasteiger partial charge in [0, 0.05) is 39.2 Å². The lowest BCUT2D eigenvalue weighted by Crippen LogP contribution is -2.47. The SMILES string of the molecule is CNC(=O)[C@@H](C)N(Cc1c(Cl)cccc1Cl)C(=O)Cc1ccc(Cl)cc1Cl. The van der Waals surface area contributed by atoms with Crippen molar-refractivity contribution in [3.63, 3.8) is 0 Å². The van der Waals surface area contributed by atoms with Gasteiger partial charge in [0.2, 0.25) is 11.8 Å². The van der Waals surface area contributed by atoms with Crippen LogP contribution in [0.2, 0.25) is 20.1 Å². The summed E-state index contributed by atoms with van der Waals surface area (Å²) in [4.78, 5) is 26.6. The molecule has 1 N–H and O–H groups in total. The third kappa shape index (κ3) is 5.52. The first-order valence-electron chi connectivity index (χ1n) is 8.12. The van der Waals surface area contributed by atoms with Crippen molar-refractivity contribution in [3.8, 4) is 0 Å². The number of benzene rings is 2. The number of rotatable bonds is 6. The Morgan fingerprint density at radius 1 is 1.04 bits per heavy atom. The lowest BCUT2D eigenvalue weighted by Gasteiger charge is -2.29. The van der Waals surface area contributed by atoms with E-state index in [1.54, 1.807) is 43.3 Å². The summed E-state index contributed by atoms with van der Waals surface area (Å²) in [5.74, 6) is -0.583. The Morgan fingerprint density at radius 2 is 1.67 bits per heavy atom. The van der Waals surface area contributed by atoms with Gasteiger partial charge < -0.3 is 10.2 Å². The molecule has 0 fully saturated rings. The van der Waals surface area contributed by atoms with Crippen LogP contribution in [0.3, 0.4) is 0 Å². The Kier molecular flexibility index (Phi) is 7.80. The number of halogens is 4. The summed E-state index contributed by atoms with van der Waals surface area (Å²) in [6.07, 6.45) is 0.0133. The zero-order valence-corrected chi connectivity index (χ0v) is 17.8. The summed E-state index contributed by atoms with van der Waals surface area (Å²) in [6.45, 7) is 1.74. The van der Waals surface area contributed by atoms with Gasteiger partial charge in [-0.15, -0.1) is 0 Å². The summed E-state index contributed by atoms with van der Waals surface area (Å²) in [7, 11) is 1.51. The van der Waals surface area contributed by atoms with Gasteiger partial charge in [0.1, 0.15) is 6.04 Å². The largest absolute Gasteiger partial charge is 0.357 e. The second kappa shape index (κ2) is 9.65. The van der Waals surface area contributed by atoms with Crippen molar-refractivity contribution in [2.45, 2.75) is 25.9 Å². The van der Waals surface area contributed by atoms with E-state index in [1.165, 1.54) is 11.9 Å². The van der Waals surface area contributed by atoms with Crippen molar-refractivity contribution >= 4 is 58.2 Å². The van der Waals surface area contributed by atoms with Gasteiger partial charge >= 0.3 is 0 Å². The fourth-order valence-electron chi connectivity index (χ4n) is 2.57. The number of hydrogen-bond acceptors (Lipinski definition) is 2. The van der Waals surface area contributed by atoms with Crippen molar-refractivity contribution in [1.29, 1.82) is 0 Å². The number of amides is 2. The normalized spacial score (nSPS) is 11.8. The summed E-state index contributed by atoms with van der Waals surface area (Å²) >= 11 is 24.6. The van der Waals surface area contributed by atoms with Crippen LogP contribution in [0.5, 0.6) is 0 Å². The second-order valence-electron chi connectivity index (χ2n) is 5.92. The van der Waals surface area contributed by atoms with Gasteiger partial charge in [0.05, 0.1) is 6.42 Å². The standard InChI is InChI=1S/C19H18Cl4N2O2/c1-11(19(27)24-2)25(10-14-15(21)4-3-5-16(14)22)18(26)8-12-6-7-13(20)9-17(12)23/h3-7,9,11H,8,10H2,1-2H3,(H,24,27)/t11-/m1/s1. The Bertz CT molecular complexity index is 837. The van der Waals surface area contributed by atoms with E-state index in [9.17, 15) is 9.59 Å². The molecule has 0 aliphatic carbocycles. The minimum Gasteiger partial charge on any atom is -0.357 e. The molecule has 0 spiro atoms. The Hall–Kier alpha value is -1.46. The number of nitrogens with one attached hydrogen (secondary N) is 1. The first kappa shape index (κ1) is 21.8. The highest BCUT2D eigenvalue weighted by atomic mass is 35.5. The van der Waals surface area contributed by atoms with Gasteiger partial charge in [0.15, 0.2) is 0 Å². The molecule has 0 aliphatic rings. The van der Waals surface area contributed by atoms with Crippen molar-refractivity contribution in [2.24, 2.45) is 0 Å². The van der Waals surface area contributed by atoms with Gasteiger partial charge in [-0.1, -0.05) is 58.5 Å². The van der Waals surface area contributed by atoms with E-state index >= 15 is 0 Å². The Labute approximate surface area is 178 Å². The van der Waals surface area contributed by atoms with Gasteiger partial charge in [-0.2, -0.15) is 0 Å². The Morgan fingerprint density at radius 3 is 2.22 bits per heavy atom. The van der Waals surface area contributed by atoms with Gasteiger partial charge in [-0.3, -0.25) is 9.59 Å². The summed E-state index contributed by atoms with van der Waals surface area (Å²) in [5, 5.41) is 4.27. The molecule has 0 aromatic heterocycles. The number of likely N-dealkylation sites (N-methyl/N-ethyl adjacent to an activating group) is 1. The third-order valence-corrected chi connectivity index (χ3v) is 5.46. The van der Waals surface area contributed by atoms with E-state index in [1.807, 2.05) is 0 Å². The average Bonchev–Trinajstić information content (AvgIpc) is 2.62. The van der Waals surface area contributed by atoms with Crippen LogP contribution in [0.4, 0.5) is 0 Å². The summed E-state index contributed by atoms with van der Waals surface area (Å²) < 4.78 is 0. The molecule has 2 aromatic rings. The number of nitrogens with zero attached hydrogens (tertiary/aromatic N) is 1. The summed E-state index contributed by atoms with van der Waals surface area (Å²) in [6, 6.07) is 9.29. The Balaban J connectivity index is 2.34. The molecule has 2 amide bonds. The van der Waals surface area contributed by atoms with Crippen LogP contribution in [0.25, 0.3) is 0 Å². The lowest BCUT2D eigenvalue weighted by atomic mass is 10.1. The monoisotopic (exact) mass is 446 g/mol. The molecular weight excluding hydrogens is 430 g/mol. The highest BCUT2D eigenvalue weighted by Crippen LogP contribution is 2.27. The van der Waals surface area contributed by atoms with Crippen LogP contribution in [-0.2, 0) is 22.6 Å². The van der Waals surface area contributed by atoms with Crippen molar-refractivity contribution in [1.82, 2.24) is 10.2 Å². The number of hydrogen-bond donors (Lipinski definition) is 1. The molecule has 0 saturated heterocycles. The zero-order chi connectivity index (χ0) is 20.1. The minimum atomic E-state index is -0.721. The fraction of sp³-hybridized carbons (Fsp3) is 0.263. The first-order valence-corrected chi connectivity index (χ1v) is 9.63. The highest BCUT2D eigenvalue weighted by Gasteiger charge is 2.27. The summed E-state index contributed by atoms with van der Waals surface area (Å²) in [5.41, 5.74) is 1.19. The van der Waals surface area contributed by atoms with Crippen molar-refractivity contribution < 1.29 is 9.59 Å². The van der Waals surface area contributed by atoms with Crippen LogP contribution in [0.15, 0.2) is 36.4 Å². The molecule has 0 bridgehead atoms. The number of carbonyl (C=O) groups is 2. The molecule has 27 heavy (non-hydrogen) atoms.